The van der Waals surface area contributed by atoms with Crippen molar-refractivity contribution in [2.24, 2.45) is 0 Å². The van der Waals surface area contributed by atoms with Crippen LogP contribution in [-0.4, -0.2) is 43.2 Å². The molecule has 0 saturated carbocycles. The number of H-pyrrole nitrogens is 1. The number of aromatic amines is 1. The molecular weight excluding hydrogens is 290 g/mol. The largest absolute Gasteiger partial charge is 0.343 e. The lowest BCUT2D eigenvalue weighted by Gasteiger charge is -2.26. The third-order valence-electron chi connectivity index (χ3n) is 4.41. The van der Waals surface area contributed by atoms with Crippen molar-refractivity contribution in [2.45, 2.75) is 26.2 Å². The minimum atomic E-state index is -0.000741. The zero-order valence-electron chi connectivity index (χ0n) is 13.1. The number of nitrogens with zero attached hydrogens (tertiary/aromatic N) is 4. The fourth-order valence-electron chi connectivity index (χ4n) is 3.22. The SMILES string of the molecule is Cc1cccn2c(-c3ncc[nH]3)c(C(=O)N3CCCCC3)nc12. The lowest BCUT2D eigenvalue weighted by Crippen LogP contribution is -2.36. The summed E-state index contributed by atoms with van der Waals surface area (Å²) in [5, 5.41) is 0. The molecule has 1 amide bonds. The van der Waals surface area contributed by atoms with Crippen LogP contribution in [0.5, 0.6) is 0 Å². The number of carbonyl (C=O) groups excluding carboxylic acids is 1. The van der Waals surface area contributed by atoms with Gasteiger partial charge in [0.2, 0.25) is 0 Å². The summed E-state index contributed by atoms with van der Waals surface area (Å²) >= 11 is 0. The van der Waals surface area contributed by atoms with E-state index in [1.54, 1.807) is 12.4 Å². The van der Waals surface area contributed by atoms with Crippen LogP contribution in [0.2, 0.25) is 0 Å². The van der Waals surface area contributed by atoms with Crippen LogP contribution in [0.3, 0.4) is 0 Å². The number of hydrogen-bond donors (Lipinski definition) is 1. The van der Waals surface area contributed by atoms with Gasteiger partial charge in [-0.3, -0.25) is 9.20 Å². The van der Waals surface area contributed by atoms with Crippen molar-refractivity contribution in [1.82, 2.24) is 24.3 Å². The Hall–Kier alpha value is -2.63. The number of nitrogens with one attached hydrogen (secondary N) is 1. The van der Waals surface area contributed by atoms with Gasteiger partial charge in [-0.1, -0.05) is 6.07 Å². The number of fused-ring (bicyclic) bond motifs is 1. The van der Waals surface area contributed by atoms with Gasteiger partial charge >= 0.3 is 0 Å². The zero-order valence-corrected chi connectivity index (χ0v) is 13.1. The summed E-state index contributed by atoms with van der Waals surface area (Å²) in [6.45, 7) is 3.62. The second kappa shape index (κ2) is 5.53. The second-order valence-electron chi connectivity index (χ2n) is 5.98. The Balaban J connectivity index is 1.89. The summed E-state index contributed by atoms with van der Waals surface area (Å²) in [6.07, 6.45) is 8.71. The predicted molar refractivity (Wildman–Crippen MR) is 87.3 cm³/mol. The van der Waals surface area contributed by atoms with E-state index in [2.05, 4.69) is 15.0 Å². The molecule has 1 saturated heterocycles. The zero-order chi connectivity index (χ0) is 15.8. The minimum absolute atomic E-state index is 0.000741. The quantitative estimate of drug-likeness (QED) is 0.791. The van der Waals surface area contributed by atoms with E-state index in [1.807, 2.05) is 34.6 Å². The van der Waals surface area contributed by atoms with E-state index >= 15 is 0 Å². The Bertz CT molecular complexity index is 843. The maximum atomic E-state index is 13.0. The van der Waals surface area contributed by atoms with E-state index in [1.165, 1.54) is 6.42 Å². The lowest BCUT2D eigenvalue weighted by molar-refractivity contribution is 0.0720. The normalized spacial score (nSPS) is 15.3. The molecule has 118 valence electrons. The first-order chi connectivity index (χ1) is 11.3. The van der Waals surface area contributed by atoms with Gasteiger partial charge in [0.1, 0.15) is 11.3 Å². The molecule has 3 aromatic rings. The topological polar surface area (TPSA) is 66.3 Å². The van der Waals surface area contributed by atoms with E-state index in [0.29, 0.717) is 11.5 Å². The maximum absolute atomic E-state index is 13.0. The van der Waals surface area contributed by atoms with Crippen LogP contribution in [0.25, 0.3) is 17.2 Å². The summed E-state index contributed by atoms with van der Waals surface area (Å²) in [6, 6.07) is 3.97. The van der Waals surface area contributed by atoms with Crippen LogP contribution in [0.15, 0.2) is 30.7 Å². The van der Waals surface area contributed by atoms with Crippen molar-refractivity contribution in [3.05, 3.63) is 42.0 Å². The van der Waals surface area contributed by atoms with E-state index < -0.39 is 0 Å². The smallest absolute Gasteiger partial charge is 0.274 e. The Labute approximate surface area is 134 Å². The summed E-state index contributed by atoms with van der Waals surface area (Å²) in [5.41, 5.74) is 3.07. The molecule has 0 aromatic carbocycles. The molecule has 6 heteroatoms. The number of piperidine rings is 1. The summed E-state index contributed by atoms with van der Waals surface area (Å²) < 4.78 is 1.95. The number of aromatic nitrogens is 4. The van der Waals surface area contributed by atoms with Crippen LogP contribution in [0.4, 0.5) is 0 Å². The third-order valence-corrected chi connectivity index (χ3v) is 4.41. The van der Waals surface area contributed by atoms with Crippen LogP contribution < -0.4 is 0 Å². The van der Waals surface area contributed by atoms with Gasteiger partial charge in [-0.2, -0.15) is 0 Å². The first-order valence-corrected chi connectivity index (χ1v) is 8.02. The molecule has 0 bridgehead atoms. The molecule has 0 radical (unpaired) electrons. The molecule has 4 heterocycles. The van der Waals surface area contributed by atoms with Gasteiger partial charge in [-0.15, -0.1) is 0 Å². The van der Waals surface area contributed by atoms with E-state index in [4.69, 9.17) is 0 Å². The van der Waals surface area contributed by atoms with Crippen LogP contribution in [-0.2, 0) is 0 Å². The highest BCUT2D eigenvalue weighted by Crippen LogP contribution is 2.26. The van der Waals surface area contributed by atoms with E-state index in [0.717, 1.165) is 42.8 Å². The Morgan fingerprint density at radius 2 is 2.09 bits per heavy atom. The Kier molecular flexibility index (Phi) is 3.37. The molecule has 4 rings (SSSR count). The third kappa shape index (κ3) is 2.30. The lowest BCUT2D eigenvalue weighted by atomic mass is 10.1. The number of imidazole rings is 2. The van der Waals surface area contributed by atoms with Crippen molar-refractivity contribution in [2.75, 3.05) is 13.1 Å². The monoisotopic (exact) mass is 309 g/mol. The standard InChI is InChI=1S/C17H19N5O/c1-12-6-5-11-22-14(15-18-7-8-19-15)13(20-16(12)22)17(23)21-9-3-2-4-10-21/h5-8,11H,2-4,9-10H2,1H3,(H,18,19). The van der Waals surface area contributed by atoms with E-state index in [-0.39, 0.29) is 5.91 Å². The average molecular weight is 309 g/mol. The van der Waals surface area contributed by atoms with Crippen molar-refractivity contribution in [3.8, 4) is 11.5 Å². The van der Waals surface area contributed by atoms with Gasteiger partial charge in [0, 0.05) is 31.7 Å². The number of carbonyl (C=O) groups is 1. The van der Waals surface area contributed by atoms with Gasteiger partial charge in [-0.25, -0.2) is 9.97 Å². The molecule has 1 N–H and O–H groups in total. The van der Waals surface area contributed by atoms with Gasteiger partial charge in [0.15, 0.2) is 11.5 Å². The molecule has 1 fully saturated rings. The number of likely N-dealkylation sites (tertiary alicyclic amines) is 1. The minimum Gasteiger partial charge on any atom is -0.343 e. The fourth-order valence-corrected chi connectivity index (χ4v) is 3.22. The van der Waals surface area contributed by atoms with Crippen molar-refractivity contribution in [3.63, 3.8) is 0 Å². The summed E-state index contributed by atoms with van der Waals surface area (Å²) in [4.78, 5) is 27.0. The molecule has 3 aromatic heterocycles. The highest BCUT2D eigenvalue weighted by Gasteiger charge is 2.27. The molecule has 23 heavy (non-hydrogen) atoms. The molecule has 0 aliphatic carbocycles. The van der Waals surface area contributed by atoms with Crippen molar-refractivity contribution in [1.29, 1.82) is 0 Å². The van der Waals surface area contributed by atoms with Crippen LogP contribution in [0, 0.1) is 6.92 Å². The van der Waals surface area contributed by atoms with Gasteiger partial charge in [0.05, 0.1) is 0 Å². The number of rotatable bonds is 2. The molecule has 0 atom stereocenters. The van der Waals surface area contributed by atoms with Gasteiger partial charge < -0.3 is 9.88 Å². The molecular formula is C17H19N5O. The van der Waals surface area contributed by atoms with Gasteiger partial charge in [-0.05, 0) is 37.8 Å². The summed E-state index contributed by atoms with van der Waals surface area (Å²) in [7, 11) is 0. The predicted octanol–water partition coefficient (Wildman–Crippen LogP) is 2.66. The number of amides is 1. The van der Waals surface area contributed by atoms with Crippen molar-refractivity contribution >= 4 is 11.6 Å². The maximum Gasteiger partial charge on any atom is 0.274 e. The number of hydrogen-bond acceptors (Lipinski definition) is 3. The average Bonchev–Trinajstić information content (AvgIpc) is 3.22. The molecule has 1 aliphatic heterocycles. The Morgan fingerprint density at radius 1 is 1.26 bits per heavy atom. The molecule has 0 spiro atoms. The highest BCUT2D eigenvalue weighted by molar-refractivity contribution is 5.99. The summed E-state index contributed by atoms with van der Waals surface area (Å²) in [5.74, 6) is 0.669. The second-order valence-corrected chi connectivity index (χ2v) is 5.98. The van der Waals surface area contributed by atoms with Crippen molar-refractivity contribution < 1.29 is 4.79 Å². The molecule has 0 unspecified atom stereocenters. The van der Waals surface area contributed by atoms with E-state index in [9.17, 15) is 4.79 Å². The number of aryl methyl sites for hydroxylation is 1. The van der Waals surface area contributed by atoms with Crippen LogP contribution >= 0.6 is 0 Å². The number of pyridine rings is 1. The van der Waals surface area contributed by atoms with Gasteiger partial charge in [0.25, 0.3) is 5.91 Å². The van der Waals surface area contributed by atoms with Crippen LogP contribution in [0.1, 0.15) is 35.3 Å². The highest BCUT2D eigenvalue weighted by atomic mass is 16.2. The fraction of sp³-hybridized carbons (Fsp3) is 0.353. The molecule has 6 nitrogen and oxygen atoms in total. The Morgan fingerprint density at radius 3 is 2.83 bits per heavy atom. The first-order valence-electron chi connectivity index (χ1n) is 8.02. The molecule has 1 aliphatic rings. The first kappa shape index (κ1) is 14.0.